The molecule has 1 N–H and O–H groups in total. The highest BCUT2D eigenvalue weighted by Crippen LogP contribution is 2.25. The first kappa shape index (κ1) is 20.9. The van der Waals surface area contributed by atoms with Crippen LogP contribution in [0.4, 0.5) is 10.6 Å². The standard InChI is InChI=1S/C20H23ClN4O4/c1-3-16-17(21)18(23-12-22-16)24-14-8-10-25(11-9-14)20(27)29-15-6-4-13(5-7-15)19(26)28-2/h4-7,12,14H,3,8-11H2,1-2H3,(H,22,23,24). The van der Waals surface area contributed by atoms with Crippen LogP contribution in [0, 0.1) is 0 Å². The van der Waals surface area contributed by atoms with Crippen molar-refractivity contribution >= 4 is 29.5 Å². The van der Waals surface area contributed by atoms with Crippen LogP contribution in [0.1, 0.15) is 35.8 Å². The molecule has 0 bridgehead atoms. The summed E-state index contributed by atoms with van der Waals surface area (Å²) in [6.45, 7) is 3.10. The van der Waals surface area contributed by atoms with Crippen molar-refractivity contribution in [1.29, 1.82) is 0 Å². The zero-order valence-corrected chi connectivity index (χ0v) is 17.1. The topological polar surface area (TPSA) is 93.7 Å². The number of halogens is 1. The Bertz CT molecular complexity index is 867. The number of esters is 1. The van der Waals surface area contributed by atoms with Crippen molar-refractivity contribution in [2.24, 2.45) is 0 Å². The minimum atomic E-state index is -0.438. The van der Waals surface area contributed by atoms with E-state index >= 15 is 0 Å². The van der Waals surface area contributed by atoms with Gasteiger partial charge in [-0.1, -0.05) is 18.5 Å². The van der Waals surface area contributed by atoms with E-state index in [0.717, 1.165) is 25.0 Å². The quantitative estimate of drug-likeness (QED) is 0.742. The monoisotopic (exact) mass is 418 g/mol. The molecule has 1 aromatic heterocycles. The predicted molar refractivity (Wildman–Crippen MR) is 108 cm³/mol. The Hall–Kier alpha value is -2.87. The van der Waals surface area contributed by atoms with Gasteiger partial charge in [0, 0.05) is 19.1 Å². The van der Waals surface area contributed by atoms with Crippen LogP contribution < -0.4 is 10.1 Å². The van der Waals surface area contributed by atoms with Crippen LogP contribution >= 0.6 is 11.6 Å². The number of anilines is 1. The van der Waals surface area contributed by atoms with Crippen molar-refractivity contribution in [2.45, 2.75) is 32.2 Å². The summed E-state index contributed by atoms with van der Waals surface area (Å²) in [7, 11) is 1.32. The van der Waals surface area contributed by atoms with Crippen molar-refractivity contribution in [3.05, 3.63) is 46.9 Å². The Labute approximate surface area is 174 Å². The van der Waals surface area contributed by atoms with Crippen molar-refractivity contribution in [3.63, 3.8) is 0 Å². The van der Waals surface area contributed by atoms with Gasteiger partial charge in [0.2, 0.25) is 0 Å². The number of rotatable bonds is 5. The van der Waals surface area contributed by atoms with Crippen molar-refractivity contribution in [2.75, 3.05) is 25.5 Å². The van der Waals surface area contributed by atoms with Crippen molar-refractivity contribution in [1.82, 2.24) is 14.9 Å². The lowest BCUT2D eigenvalue weighted by Crippen LogP contribution is -2.43. The summed E-state index contributed by atoms with van der Waals surface area (Å²) >= 11 is 6.34. The third kappa shape index (κ3) is 5.14. The number of carbonyl (C=O) groups is 2. The Morgan fingerprint density at radius 2 is 1.90 bits per heavy atom. The highest BCUT2D eigenvalue weighted by atomic mass is 35.5. The summed E-state index contributed by atoms with van der Waals surface area (Å²) in [4.78, 5) is 33.9. The molecule has 1 saturated heterocycles. The maximum atomic E-state index is 12.4. The van der Waals surface area contributed by atoms with E-state index in [1.165, 1.54) is 13.4 Å². The average molecular weight is 419 g/mol. The van der Waals surface area contributed by atoms with E-state index in [0.29, 0.717) is 35.2 Å². The highest BCUT2D eigenvalue weighted by Gasteiger charge is 2.25. The van der Waals surface area contributed by atoms with Crippen molar-refractivity contribution in [3.8, 4) is 5.75 Å². The molecule has 154 valence electrons. The van der Waals surface area contributed by atoms with Crippen LogP contribution in [-0.2, 0) is 11.2 Å². The number of hydrogen-bond donors (Lipinski definition) is 1. The van der Waals surface area contributed by atoms with Gasteiger partial charge >= 0.3 is 12.1 Å². The molecule has 1 amide bonds. The van der Waals surface area contributed by atoms with Crippen LogP contribution in [-0.4, -0.2) is 53.2 Å². The van der Waals surface area contributed by atoms with E-state index < -0.39 is 12.1 Å². The Kier molecular flexibility index (Phi) is 6.87. The SMILES string of the molecule is CCc1ncnc(NC2CCN(C(=O)Oc3ccc(C(=O)OC)cc3)CC2)c1Cl. The molecule has 1 aliphatic rings. The number of likely N-dealkylation sites (tertiary alicyclic amines) is 1. The van der Waals surface area contributed by atoms with Crippen LogP contribution in [0.2, 0.25) is 5.02 Å². The molecule has 2 aromatic rings. The fourth-order valence-corrected chi connectivity index (χ4v) is 3.38. The molecule has 3 rings (SSSR count). The van der Waals surface area contributed by atoms with Gasteiger partial charge in [0.05, 0.1) is 18.4 Å². The Morgan fingerprint density at radius 3 is 2.52 bits per heavy atom. The molecule has 0 atom stereocenters. The van der Waals surface area contributed by atoms with E-state index in [4.69, 9.17) is 16.3 Å². The zero-order chi connectivity index (χ0) is 20.8. The van der Waals surface area contributed by atoms with Gasteiger partial charge < -0.3 is 19.7 Å². The number of carbonyl (C=O) groups excluding carboxylic acids is 2. The summed E-state index contributed by atoms with van der Waals surface area (Å²) in [6, 6.07) is 6.42. The Balaban J connectivity index is 1.51. The maximum absolute atomic E-state index is 12.4. The third-order valence-electron chi connectivity index (χ3n) is 4.77. The second-order valence-corrected chi connectivity index (χ2v) is 7.00. The van der Waals surface area contributed by atoms with Gasteiger partial charge in [-0.2, -0.15) is 0 Å². The number of amides is 1. The van der Waals surface area contributed by atoms with Gasteiger partial charge in [0.15, 0.2) is 0 Å². The van der Waals surface area contributed by atoms with Gasteiger partial charge in [-0.05, 0) is 43.5 Å². The number of hydrogen-bond acceptors (Lipinski definition) is 7. The van der Waals surface area contributed by atoms with Gasteiger partial charge in [-0.3, -0.25) is 0 Å². The lowest BCUT2D eigenvalue weighted by atomic mass is 10.1. The zero-order valence-electron chi connectivity index (χ0n) is 16.4. The normalized spacial score (nSPS) is 14.4. The number of ether oxygens (including phenoxy) is 2. The molecule has 1 aromatic carbocycles. The minimum absolute atomic E-state index is 0.162. The van der Waals surface area contributed by atoms with Crippen LogP contribution in [0.5, 0.6) is 5.75 Å². The van der Waals surface area contributed by atoms with E-state index in [1.807, 2.05) is 6.92 Å². The van der Waals surface area contributed by atoms with Gasteiger partial charge in [0.1, 0.15) is 22.9 Å². The lowest BCUT2D eigenvalue weighted by molar-refractivity contribution is 0.0600. The molecular formula is C20H23ClN4O4. The third-order valence-corrected chi connectivity index (χ3v) is 5.17. The molecule has 0 aliphatic carbocycles. The summed E-state index contributed by atoms with van der Waals surface area (Å²) in [5.74, 6) is 0.570. The summed E-state index contributed by atoms with van der Waals surface area (Å²) in [5.41, 5.74) is 1.21. The number of nitrogens with zero attached hydrogens (tertiary/aromatic N) is 3. The number of methoxy groups -OCH3 is 1. The number of nitrogens with one attached hydrogen (secondary N) is 1. The molecule has 0 saturated carbocycles. The highest BCUT2D eigenvalue weighted by molar-refractivity contribution is 6.33. The molecule has 0 spiro atoms. The van der Waals surface area contributed by atoms with E-state index in [1.54, 1.807) is 29.2 Å². The number of benzene rings is 1. The molecule has 9 heteroatoms. The maximum Gasteiger partial charge on any atom is 0.415 e. The fraction of sp³-hybridized carbons (Fsp3) is 0.400. The molecule has 8 nitrogen and oxygen atoms in total. The largest absolute Gasteiger partial charge is 0.465 e. The van der Waals surface area contributed by atoms with E-state index in [-0.39, 0.29) is 6.04 Å². The minimum Gasteiger partial charge on any atom is -0.465 e. The van der Waals surface area contributed by atoms with Crippen LogP contribution in [0.3, 0.4) is 0 Å². The molecule has 29 heavy (non-hydrogen) atoms. The second kappa shape index (κ2) is 9.56. The number of piperidine rings is 1. The smallest absolute Gasteiger partial charge is 0.415 e. The average Bonchev–Trinajstić information content (AvgIpc) is 2.75. The van der Waals surface area contributed by atoms with Gasteiger partial charge in [-0.15, -0.1) is 0 Å². The molecular weight excluding hydrogens is 396 g/mol. The lowest BCUT2D eigenvalue weighted by Gasteiger charge is -2.32. The molecule has 0 radical (unpaired) electrons. The summed E-state index contributed by atoms with van der Waals surface area (Å²) in [5, 5.41) is 3.90. The molecule has 1 aliphatic heterocycles. The second-order valence-electron chi connectivity index (χ2n) is 6.63. The van der Waals surface area contributed by atoms with Crippen LogP contribution in [0.15, 0.2) is 30.6 Å². The molecule has 0 unspecified atom stereocenters. The first-order chi connectivity index (χ1) is 14.0. The first-order valence-corrected chi connectivity index (χ1v) is 9.80. The van der Waals surface area contributed by atoms with Crippen molar-refractivity contribution < 1.29 is 19.1 Å². The number of aromatic nitrogens is 2. The summed E-state index contributed by atoms with van der Waals surface area (Å²) < 4.78 is 10.0. The summed E-state index contributed by atoms with van der Waals surface area (Å²) in [6.07, 6.45) is 3.32. The van der Waals surface area contributed by atoms with E-state index in [9.17, 15) is 9.59 Å². The Morgan fingerprint density at radius 1 is 1.21 bits per heavy atom. The first-order valence-electron chi connectivity index (χ1n) is 9.42. The van der Waals surface area contributed by atoms with Gasteiger partial charge in [0.25, 0.3) is 0 Å². The fourth-order valence-electron chi connectivity index (χ4n) is 3.10. The molecule has 2 heterocycles. The molecule has 1 fully saturated rings. The predicted octanol–water partition coefficient (Wildman–Crippen LogP) is 3.55. The van der Waals surface area contributed by atoms with Crippen LogP contribution in [0.25, 0.3) is 0 Å². The van der Waals surface area contributed by atoms with Gasteiger partial charge in [-0.25, -0.2) is 19.6 Å². The number of aryl methyl sites for hydroxylation is 1. The van der Waals surface area contributed by atoms with E-state index in [2.05, 4.69) is 20.0 Å².